The van der Waals surface area contributed by atoms with Crippen LogP contribution < -0.4 is 4.74 Å². The highest BCUT2D eigenvalue weighted by Crippen LogP contribution is 2.22. The standard InChI is InChI=1S/C15H19NO4/c1-2-7-20-13-5-3-12(4-6-13)15(19)16-9-11(10-16)8-14(17)18/h3-6,11H,2,7-10H2,1H3,(H,17,18). The van der Waals surface area contributed by atoms with Gasteiger partial charge in [0, 0.05) is 24.6 Å². The number of carbonyl (C=O) groups excluding carboxylic acids is 1. The summed E-state index contributed by atoms with van der Waals surface area (Å²) in [6.07, 6.45) is 1.08. The van der Waals surface area contributed by atoms with Gasteiger partial charge < -0.3 is 14.7 Å². The summed E-state index contributed by atoms with van der Waals surface area (Å²) in [4.78, 5) is 24.4. The van der Waals surface area contributed by atoms with E-state index in [0.717, 1.165) is 12.2 Å². The SMILES string of the molecule is CCCOc1ccc(C(=O)N2CC(CC(=O)O)C2)cc1. The van der Waals surface area contributed by atoms with E-state index in [-0.39, 0.29) is 18.2 Å². The molecule has 0 bridgehead atoms. The molecule has 20 heavy (non-hydrogen) atoms. The topological polar surface area (TPSA) is 66.8 Å². The molecule has 1 fully saturated rings. The first kappa shape index (κ1) is 14.4. The first-order chi connectivity index (χ1) is 9.60. The minimum Gasteiger partial charge on any atom is -0.494 e. The molecule has 2 rings (SSSR count). The van der Waals surface area contributed by atoms with Gasteiger partial charge in [0.05, 0.1) is 13.0 Å². The summed E-state index contributed by atoms with van der Waals surface area (Å²) in [5.74, 6) is -0.00687. The number of nitrogens with zero attached hydrogens (tertiary/aromatic N) is 1. The number of carbonyl (C=O) groups is 2. The highest BCUT2D eigenvalue weighted by atomic mass is 16.5. The second kappa shape index (κ2) is 6.41. The predicted octanol–water partition coefficient (Wildman–Crippen LogP) is 2.02. The van der Waals surface area contributed by atoms with Gasteiger partial charge in [-0.1, -0.05) is 6.92 Å². The van der Waals surface area contributed by atoms with Crippen LogP contribution in [0.25, 0.3) is 0 Å². The molecule has 1 aromatic carbocycles. The number of carboxylic acids is 1. The maximum Gasteiger partial charge on any atom is 0.303 e. The lowest BCUT2D eigenvalue weighted by molar-refractivity contribution is -0.139. The van der Waals surface area contributed by atoms with Gasteiger partial charge in [0.15, 0.2) is 0 Å². The number of hydrogen-bond donors (Lipinski definition) is 1. The Morgan fingerprint density at radius 3 is 2.50 bits per heavy atom. The first-order valence-electron chi connectivity index (χ1n) is 6.84. The minimum absolute atomic E-state index is 0.0475. The summed E-state index contributed by atoms with van der Waals surface area (Å²) in [5.41, 5.74) is 0.614. The Morgan fingerprint density at radius 1 is 1.30 bits per heavy atom. The average Bonchev–Trinajstić information content (AvgIpc) is 2.39. The summed E-state index contributed by atoms with van der Waals surface area (Å²) in [6.45, 7) is 3.75. The molecule has 1 heterocycles. The Balaban J connectivity index is 1.86. The molecule has 108 valence electrons. The number of hydrogen-bond acceptors (Lipinski definition) is 3. The molecule has 1 N–H and O–H groups in total. The van der Waals surface area contributed by atoms with Crippen molar-refractivity contribution in [3.8, 4) is 5.75 Å². The number of likely N-dealkylation sites (tertiary alicyclic amines) is 1. The molecular weight excluding hydrogens is 258 g/mol. The van der Waals surface area contributed by atoms with E-state index in [1.165, 1.54) is 0 Å². The van der Waals surface area contributed by atoms with Crippen LogP contribution in [0.15, 0.2) is 24.3 Å². The van der Waals surface area contributed by atoms with Crippen molar-refractivity contribution in [2.45, 2.75) is 19.8 Å². The van der Waals surface area contributed by atoms with Crippen LogP contribution in [0.2, 0.25) is 0 Å². The van der Waals surface area contributed by atoms with Gasteiger partial charge >= 0.3 is 5.97 Å². The van der Waals surface area contributed by atoms with Crippen molar-refractivity contribution < 1.29 is 19.4 Å². The lowest BCUT2D eigenvalue weighted by atomic mass is 9.95. The van der Waals surface area contributed by atoms with Gasteiger partial charge in [-0.3, -0.25) is 9.59 Å². The van der Waals surface area contributed by atoms with Crippen molar-refractivity contribution in [3.63, 3.8) is 0 Å². The maximum absolute atomic E-state index is 12.1. The molecule has 1 aliphatic heterocycles. The van der Waals surface area contributed by atoms with E-state index < -0.39 is 5.97 Å². The average molecular weight is 277 g/mol. The van der Waals surface area contributed by atoms with Crippen molar-refractivity contribution >= 4 is 11.9 Å². The van der Waals surface area contributed by atoms with E-state index in [0.29, 0.717) is 25.3 Å². The van der Waals surface area contributed by atoms with Crippen LogP contribution >= 0.6 is 0 Å². The van der Waals surface area contributed by atoms with Gasteiger partial charge in [0.25, 0.3) is 5.91 Å². The molecule has 0 atom stereocenters. The van der Waals surface area contributed by atoms with Gasteiger partial charge in [-0.25, -0.2) is 0 Å². The fourth-order valence-corrected chi connectivity index (χ4v) is 2.21. The zero-order valence-corrected chi connectivity index (χ0v) is 11.5. The summed E-state index contributed by atoms with van der Waals surface area (Å²) in [6, 6.07) is 7.07. The lowest BCUT2D eigenvalue weighted by Crippen LogP contribution is -2.50. The highest BCUT2D eigenvalue weighted by molar-refractivity contribution is 5.94. The van der Waals surface area contributed by atoms with Crippen molar-refractivity contribution in [1.29, 1.82) is 0 Å². The van der Waals surface area contributed by atoms with E-state index in [2.05, 4.69) is 0 Å². The third-order valence-electron chi connectivity index (χ3n) is 3.28. The van der Waals surface area contributed by atoms with E-state index in [1.54, 1.807) is 29.2 Å². The van der Waals surface area contributed by atoms with Crippen LogP contribution in [0.4, 0.5) is 0 Å². The Kier molecular flexibility index (Phi) is 4.61. The number of rotatable bonds is 6. The van der Waals surface area contributed by atoms with Gasteiger partial charge in [0.2, 0.25) is 0 Å². The Hall–Kier alpha value is -2.04. The molecule has 0 aromatic heterocycles. The third-order valence-corrected chi connectivity index (χ3v) is 3.28. The summed E-state index contributed by atoms with van der Waals surface area (Å²) in [5, 5.41) is 8.67. The summed E-state index contributed by atoms with van der Waals surface area (Å²) in [7, 11) is 0. The molecule has 0 radical (unpaired) electrons. The maximum atomic E-state index is 12.1. The van der Waals surface area contributed by atoms with E-state index in [1.807, 2.05) is 6.92 Å². The minimum atomic E-state index is -0.806. The molecule has 5 nitrogen and oxygen atoms in total. The summed E-state index contributed by atoms with van der Waals surface area (Å²) >= 11 is 0. The zero-order chi connectivity index (χ0) is 14.5. The Bertz CT molecular complexity index is 477. The van der Waals surface area contributed by atoms with Crippen LogP contribution in [-0.2, 0) is 4.79 Å². The Labute approximate surface area is 118 Å². The van der Waals surface area contributed by atoms with E-state index in [4.69, 9.17) is 9.84 Å². The summed E-state index contributed by atoms with van der Waals surface area (Å²) < 4.78 is 5.46. The van der Waals surface area contributed by atoms with Crippen LogP contribution in [0, 0.1) is 5.92 Å². The van der Waals surface area contributed by atoms with E-state index in [9.17, 15) is 9.59 Å². The van der Waals surface area contributed by atoms with Gasteiger partial charge in [-0.15, -0.1) is 0 Å². The number of carboxylic acid groups (broad SMARTS) is 1. The lowest BCUT2D eigenvalue weighted by Gasteiger charge is -2.38. The van der Waals surface area contributed by atoms with Gasteiger partial charge in [0.1, 0.15) is 5.75 Å². The van der Waals surface area contributed by atoms with Gasteiger partial charge in [-0.05, 0) is 30.7 Å². The van der Waals surface area contributed by atoms with Crippen molar-refractivity contribution in [1.82, 2.24) is 4.90 Å². The van der Waals surface area contributed by atoms with Crippen LogP contribution in [0.1, 0.15) is 30.1 Å². The van der Waals surface area contributed by atoms with Crippen LogP contribution in [-0.4, -0.2) is 41.6 Å². The smallest absolute Gasteiger partial charge is 0.303 e. The molecule has 1 amide bonds. The molecule has 0 spiro atoms. The molecule has 1 aliphatic rings. The molecule has 0 aliphatic carbocycles. The van der Waals surface area contributed by atoms with Crippen molar-refractivity contribution in [3.05, 3.63) is 29.8 Å². The monoisotopic (exact) mass is 277 g/mol. The van der Waals surface area contributed by atoms with Crippen LogP contribution in [0.3, 0.4) is 0 Å². The highest BCUT2D eigenvalue weighted by Gasteiger charge is 2.32. The largest absolute Gasteiger partial charge is 0.494 e. The number of ether oxygens (including phenoxy) is 1. The van der Waals surface area contributed by atoms with Crippen LogP contribution in [0.5, 0.6) is 5.75 Å². The van der Waals surface area contributed by atoms with Crippen molar-refractivity contribution in [2.24, 2.45) is 5.92 Å². The fourth-order valence-electron chi connectivity index (χ4n) is 2.21. The normalized spacial score (nSPS) is 14.8. The number of aliphatic carboxylic acids is 1. The number of amides is 1. The second-order valence-corrected chi connectivity index (χ2v) is 5.05. The molecule has 0 saturated carbocycles. The fraction of sp³-hybridized carbons (Fsp3) is 0.467. The van der Waals surface area contributed by atoms with E-state index >= 15 is 0 Å². The first-order valence-corrected chi connectivity index (χ1v) is 6.84. The molecule has 0 unspecified atom stereocenters. The molecule has 1 aromatic rings. The number of benzene rings is 1. The quantitative estimate of drug-likeness (QED) is 0.864. The van der Waals surface area contributed by atoms with Crippen molar-refractivity contribution in [2.75, 3.05) is 19.7 Å². The molecule has 1 saturated heterocycles. The molecule has 5 heteroatoms. The molecular formula is C15H19NO4. The Morgan fingerprint density at radius 2 is 1.95 bits per heavy atom. The van der Waals surface area contributed by atoms with Gasteiger partial charge in [-0.2, -0.15) is 0 Å². The third kappa shape index (κ3) is 3.50. The second-order valence-electron chi connectivity index (χ2n) is 5.05. The predicted molar refractivity (Wildman–Crippen MR) is 73.9 cm³/mol. The zero-order valence-electron chi connectivity index (χ0n) is 11.5.